The molecule has 1 saturated heterocycles. The molecule has 0 aliphatic carbocycles. The Kier molecular flexibility index (Phi) is 4.31. The molecule has 1 fully saturated rings. The van der Waals surface area contributed by atoms with Crippen molar-refractivity contribution in [1.82, 2.24) is 0 Å². The number of thioether (sulfide) groups is 1. The number of carbonyl (C=O) groups is 1. The average molecular weight is 234 g/mol. The highest BCUT2D eigenvalue weighted by Gasteiger charge is 2.24. The molecule has 5 heteroatoms. The molecule has 0 saturated carbocycles. The summed E-state index contributed by atoms with van der Waals surface area (Å²) in [5.41, 5.74) is 0. The predicted molar refractivity (Wildman–Crippen MR) is 61.7 cm³/mol. The molecule has 0 aromatic heterocycles. The third-order valence-corrected chi connectivity index (χ3v) is 5.16. The number of ether oxygens (including phenoxy) is 2. The molecule has 1 atom stereocenters. The zero-order valence-electron chi connectivity index (χ0n) is 9.04. The topological polar surface area (TPSA) is 35.5 Å². The smallest absolute Gasteiger partial charge is 0.430 e. The Morgan fingerprint density at radius 1 is 1.50 bits per heavy atom. The minimum atomic E-state index is -0.907. The molecule has 0 bridgehead atoms. The first-order chi connectivity index (χ1) is 6.47. The van der Waals surface area contributed by atoms with E-state index in [2.05, 4.69) is 19.6 Å². The molecule has 0 amide bonds. The van der Waals surface area contributed by atoms with Gasteiger partial charge in [-0.15, -0.1) is 0 Å². The number of hydrogen-bond donors (Lipinski definition) is 0. The number of rotatable bonds is 5. The van der Waals surface area contributed by atoms with Crippen molar-refractivity contribution in [2.24, 2.45) is 0 Å². The first kappa shape index (κ1) is 11.9. The first-order valence-corrected chi connectivity index (χ1v) is 9.75. The second kappa shape index (κ2) is 5.07. The minimum absolute atomic E-state index is 0.0193. The zero-order valence-corrected chi connectivity index (χ0v) is 10.9. The summed E-state index contributed by atoms with van der Waals surface area (Å²) in [6.07, 6.45) is -0.532. The molecule has 3 nitrogen and oxygen atoms in total. The highest BCUT2D eigenvalue weighted by Crippen LogP contribution is 2.17. The fraction of sp³-hybridized carbons (Fsp3) is 0.889. The highest BCUT2D eigenvalue weighted by atomic mass is 32.2. The third-order valence-electron chi connectivity index (χ3n) is 1.95. The molecule has 1 heterocycles. The molecule has 14 heavy (non-hydrogen) atoms. The van der Waals surface area contributed by atoms with Gasteiger partial charge in [-0.25, -0.2) is 4.79 Å². The summed E-state index contributed by atoms with van der Waals surface area (Å²) in [4.78, 5) is 10.6. The molecule has 82 valence electrons. The van der Waals surface area contributed by atoms with Crippen molar-refractivity contribution >= 4 is 26.0 Å². The number of carbonyl (C=O) groups excluding carboxylic acids is 1. The lowest BCUT2D eigenvalue weighted by Gasteiger charge is -2.15. The lowest BCUT2D eigenvalue weighted by Crippen LogP contribution is -2.21. The van der Waals surface area contributed by atoms with E-state index in [1.165, 1.54) is 11.8 Å². The van der Waals surface area contributed by atoms with E-state index in [0.29, 0.717) is 6.61 Å². The van der Waals surface area contributed by atoms with Gasteiger partial charge in [0.2, 0.25) is 0 Å². The van der Waals surface area contributed by atoms with Crippen LogP contribution in [-0.4, -0.2) is 38.4 Å². The normalized spacial score (nSPS) is 21.9. The maximum absolute atomic E-state index is 10.6. The lowest BCUT2D eigenvalue weighted by molar-refractivity contribution is 0.122. The van der Waals surface area contributed by atoms with Gasteiger partial charge in [0.1, 0.15) is 12.7 Å². The van der Waals surface area contributed by atoms with Crippen molar-refractivity contribution in [3.05, 3.63) is 0 Å². The van der Waals surface area contributed by atoms with Crippen LogP contribution in [0.15, 0.2) is 0 Å². The average Bonchev–Trinajstić information content (AvgIpc) is 2.44. The van der Waals surface area contributed by atoms with E-state index in [1.807, 2.05) is 11.8 Å². The minimum Gasteiger partial charge on any atom is -0.430 e. The fourth-order valence-corrected chi connectivity index (χ4v) is 4.66. The van der Waals surface area contributed by atoms with E-state index in [9.17, 15) is 4.79 Å². The monoisotopic (exact) mass is 234 g/mol. The van der Waals surface area contributed by atoms with Gasteiger partial charge < -0.3 is 9.47 Å². The van der Waals surface area contributed by atoms with Crippen LogP contribution in [0.5, 0.6) is 0 Å². The molecule has 0 aromatic rings. The second-order valence-electron chi connectivity index (χ2n) is 4.69. The Labute approximate surface area is 90.5 Å². The molecule has 1 rings (SSSR count). The molecular weight excluding hydrogens is 216 g/mol. The van der Waals surface area contributed by atoms with Crippen LogP contribution in [0.1, 0.15) is 0 Å². The fourth-order valence-electron chi connectivity index (χ4n) is 1.04. The molecular formula is C9H18O3SSi. The maximum atomic E-state index is 10.6. The van der Waals surface area contributed by atoms with Gasteiger partial charge in [0, 0.05) is 13.8 Å². The van der Waals surface area contributed by atoms with Crippen LogP contribution >= 0.6 is 11.8 Å². The van der Waals surface area contributed by atoms with Crippen molar-refractivity contribution in [2.45, 2.75) is 31.8 Å². The summed E-state index contributed by atoms with van der Waals surface area (Å²) in [5, 5.41) is 0. The Balaban J connectivity index is 2.02. The Bertz CT molecular complexity index is 203. The van der Waals surface area contributed by atoms with Crippen molar-refractivity contribution in [2.75, 3.05) is 18.1 Å². The van der Waals surface area contributed by atoms with Gasteiger partial charge >= 0.3 is 6.16 Å². The third kappa shape index (κ3) is 4.90. The number of hydrogen-bond acceptors (Lipinski definition) is 4. The van der Waals surface area contributed by atoms with E-state index in [0.717, 1.165) is 5.75 Å². The van der Waals surface area contributed by atoms with Crippen LogP contribution in [0.25, 0.3) is 0 Å². The van der Waals surface area contributed by atoms with Gasteiger partial charge in [0.25, 0.3) is 0 Å². The van der Waals surface area contributed by atoms with Gasteiger partial charge in [0.15, 0.2) is 0 Å². The van der Waals surface area contributed by atoms with Crippen molar-refractivity contribution < 1.29 is 14.3 Å². The van der Waals surface area contributed by atoms with Gasteiger partial charge in [-0.05, 0) is 11.8 Å². The second-order valence-corrected chi connectivity index (χ2v) is 11.5. The maximum Gasteiger partial charge on any atom is 0.508 e. The van der Waals surface area contributed by atoms with Crippen molar-refractivity contribution in [1.29, 1.82) is 0 Å². The van der Waals surface area contributed by atoms with E-state index < -0.39 is 14.2 Å². The lowest BCUT2D eigenvalue weighted by atomic mass is 10.4. The van der Waals surface area contributed by atoms with E-state index >= 15 is 0 Å². The van der Waals surface area contributed by atoms with Gasteiger partial charge in [0.05, 0.1) is 0 Å². The summed E-state index contributed by atoms with van der Waals surface area (Å²) in [6.45, 7) is 7.53. The summed E-state index contributed by atoms with van der Waals surface area (Å²) in [6, 6.07) is 1.32. The molecule has 0 spiro atoms. The predicted octanol–water partition coefficient (Wildman–Crippen LogP) is 2.59. The van der Waals surface area contributed by atoms with Gasteiger partial charge in [-0.1, -0.05) is 19.6 Å². The summed E-state index contributed by atoms with van der Waals surface area (Å²) in [5.74, 6) is 2.04. The van der Waals surface area contributed by atoms with Crippen LogP contribution in [-0.2, 0) is 9.47 Å². The molecule has 0 N–H and O–H groups in total. The quantitative estimate of drug-likeness (QED) is 0.416. The Hall–Kier alpha value is -0.163. The van der Waals surface area contributed by atoms with Crippen LogP contribution in [0, 0.1) is 0 Å². The van der Waals surface area contributed by atoms with Crippen LogP contribution < -0.4 is 0 Å². The molecule has 0 aromatic carbocycles. The summed E-state index contributed by atoms with van der Waals surface area (Å²) in [7, 11) is -0.907. The van der Waals surface area contributed by atoms with Gasteiger partial charge in [-0.3, -0.25) is 0 Å². The molecule has 1 unspecified atom stereocenters. The van der Waals surface area contributed by atoms with Crippen LogP contribution in [0.4, 0.5) is 4.79 Å². The molecule has 1 aliphatic rings. The van der Waals surface area contributed by atoms with Crippen molar-refractivity contribution in [3.63, 3.8) is 0 Å². The SMILES string of the molecule is C[Si](C)(C)CCSCC1COC(=O)O1. The van der Waals surface area contributed by atoms with Gasteiger partial charge in [-0.2, -0.15) is 11.8 Å². The highest BCUT2D eigenvalue weighted by molar-refractivity contribution is 7.99. The van der Waals surface area contributed by atoms with Crippen LogP contribution in [0.2, 0.25) is 25.7 Å². The zero-order chi connectivity index (χ0) is 10.6. The largest absolute Gasteiger partial charge is 0.508 e. The molecule has 0 radical (unpaired) electrons. The molecule has 1 aliphatic heterocycles. The standard InChI is InChI=1S/C9H18O3SSi/c1-14(2,3)5-4-13-7-8-6-11-9(10)12-8/h8H,4-7H2,1-3H3. The summed E-state index contributed by atoms with van der Waals surface area (Å²) < 4.78 is 9.62. The Morgan fingerprint density at radius 2 is 2.21 bits per heavy atom. The van der Waals surface area contributed by atoms with E-state index in [4.69, 9.17) is 9.47 Å². The van der Waals surface area contributed by atoms with E-state index in [-0.39, 0.29) is 6.10 Å². The van der Waals surface area contributed by atoms with Crippen molar-refractivity contribution in [3.8, 4) is 0 Å². The van der Waals surface area contributed by atoms with E-state index in [1.54, 1.807) is 0 Å². The number of cyclic esters (lactones) is 2. The summed E-state index contributed by atoms with van der Waals surface area (Å²) >= 11 is 1.86. The Morgan fingerprint density at radius 3 is 2.71 bits per heavy atom. The first-order valence-electron chi connectivity index (χ1n) is 4.88. The van der Waals surface area contributed by atoms with Crippen LogP contribution in [0.3, 0.4) is 0 Å².